The number of carbonyl (C=O) groups is 1. The summed E-state index contributed by atoms with van der Waals surface area (Å²) in [5.74, 6) is 0.440. The molecule has 1 heterocycles. The largest absolute Gasteiger partial charge is 0.467 e. The quantitative estimate of drug-likeness (QED) is 0.579. The molecule has 0 aliphatic rings. The number of hydrogen-bond donors (Lipinski definition) is 2. The fourth-order valence-electron chi connectivity index (χ4n) is 2.33. The number of halogens is 1. The smallest absolute Gasteiger partial charge is 0.251 e. The summed E-state index contributed by atoms with van der Waals surface area (Å²) >= 11 is 3.28. The van der Waals surface area contributed by atoms with Crippen LogP contribution in [0.3, 0.4) is 0 Å². The Morgan fingerprint density at radius 3 is 2.30 bits per heavy atom. The van der Waals surface area contributed by atoms with Crippen LogP contribution in [0, 0.1) is 0 Å². The predicted octanol–water partition coefficient (Wildman–Crippen LogP) is 3.45. The average molecular weight is 449 g/mol. The van der Waals surface area contributed by atoms with Gasteiger partial charge >= 0.3 is 0 Å². The highest BCUT2D eigenvalue weighted by Crippen LogP contribution is 2.15. The van der Waals surface area contributed by atoms with E-state index in [0.717, 1.165) is 10.0 Å². The molecule has 0 saturated heterocycles. The van der Waals surface area contributed by atoms with E-state index in [-0.39, 0.29) is 17.3 Å². The van der Waals surface area contributed by atoms with Crippen molar-refractivity contribution in [3.63, 3.8) is 0 Å². The number of nitrogens with one attached hydrogen (secondary N) is 2. The molecule has 27 heavy (non-hydrogen) atoms. The molecular weight excluding hydrogens is 432 g/mol. The molecule has 3 aromatic rings. The van der Waals surface area contributed by atoms with E-state index in [1.807, 2.05) is 0 Å². The highest BCUT2D eigenvalue weighted by atomic mass is 79.9. The number of amides is 1. The SMILES string of the molecule is O=C(NCc1ccco1)c1ccc(CNS(=O)(=O)c2ccc(Br)cc2)cc1. The summed E-state index contributed by atoms with van der Waals surface area (Å²) in [4.78, 5) is 12.3. The molecule has 0 aliphatic heterocycles. The van der Waals surface area contributed by atoms with Gasteiger partial charge in [-0.1, -0.05) is 28.1 Å². The van der Waals surface area contributed by atoms with Gasteiger partial charge in [-0.25, -0.2) is 13.1 Å². The first-order chi connectivity index (χ1) is 12.9. The maximum Gasteiger partial charge on any atom is 0.251 e. The third-order valence-corrected chi connectivity index (χ3v) is 5.76. The summed E-state index contributed by atoms with van der Waals surface area (Å²) in [5, 5.41) is 2.76. The first-order valence-corrected chi connectivity index (χ1v) is 10.4. The molecule has 0 atom stereocenters. The molecule has 140 valence electrons. The van der Waals surface area contributed by atoms with Crippen molar-refractivity contribution in [2.45, 2.75) is 18.0 Å². The van der Waals surface area contributed by atoms with Crippen LogP contribution < -0.4 is 10.0 Å². The molecule has 6 nitrogen and oxygen atoms in total. The number of hydrogen-bond acceptors (Lipinski definition) is 4. The average Bonchev–Trinajstić information content (AvgIpc) is 3.19. The predicted molar refractivity (Wildman–Crippen MR) is 104 cm³/mol. The normalized spacial score (nSPS) is 11.3. The Kier molecular flexibility index (Phi) is 6.10. The summed E-state index contributed by atoms with van der Waals surface area (Å²) in [6.45, 7) is 0.438. The lowest BCUT2D eigenvalue weighted by atomic mass is 10.1. The van der Waals surface area contributed by atoms with Crippen LogP contribution >= 0.6 is 15.9 Å². The minimum atomic E-state index is -3.60. The molecule has 0 bridgehead atoms. The third-order valence-electron chi connectivity index (χ3n) is 3.81. The second kappa shape index (κ2) is 8.51. The van der Waals surface area contributed by atoms with Crippen molar-refractivity contribution in [1.82, 2.24) is 10.0 Å². The Labute approximate surface area is 165 Å². The van der Waals surface area contributed by atoms with Gasteiger partial charge in [0.25, 0.3) is 5.91 Å². The standard InChI is InChI=1S/C19H17BrN2O4S/c20-16-7-9-18(10-8-16)27(24,25)22-12-14-3-5-15(6-4-14)19(23)21-13-17-2-1-11-26-17/h1-11,22H,12-13H2,(H,21,23). The summed E-state index contributed by atoms with van der Waals surface area (Å²) in [6.07, 6.45) is 1.55. The molecular formula is C19H17BrN2O4S. The number of furan rings is 1. The Balaban J connectivity index is 1.57. The molecule has 0 aliphatic carbocycles. The highest BCUT2D eigenvalue weighted by Gasteiger charge is 2.13. The Bertz CT molecular complexity index is 999. The topological polar surface area (TPSA) is 88.4 Å². The Morgan fingerprint density at radius 2 is 1.67 bits per heavy atom. The molecule has 2 N–H and O–H groups in total. The fraction of sp³-hybridized carbons (Fsp3) is 0.105. The molecule has 0 spiro atoms. The van der Waals surface area contributed by atoms with E-state index >= 15 is 0 Å². The molecule has 1 aromatic heterocycles. The van der Waals surface area contributed by atoms with E-state index in [9.17, 15) is 13.2 Å². The number of rotatable bonds is 7. The Morgan fingerprint density at radius 1 is 0.963 bits per heavy atom. The fourth-order valence-corrected chi connectivity index (χ4v) is 3.61. The molecule has 1 amide bonds. The van der Waals surface area contributed by atoms with E-state index in [1.54, 1.807) is 54.8 Å². The number of carbonyl (C=O) groups excluding carboxylic acids is 1. The maximum absolute atomic E-state index is 12.3. The maximum atomic E-state index is 12.3. The molecule has 0 fully saturated rings. The van der Waals surface area contributed by atoms with Gasteiger partial charge in [0.15, 0.2) is 0 Å². The lowest BCUT2D eigenvalue weighted by molar-refractivity contribution is 0.0948. The zero-order chi connectivity index (χ0) is 19.3. The molecule has 2 aromatic carbocycles. The van der Waals surface area contributed by atoms with Crippen molar-refractivity contribution in [2.24, 2.45) is 0 Å². The van der Waals surface area contributed by atoms with E-state index in [2.05, 4.69) is 26.0 Å². The van der Waals surface area contributed by atoms with Crippen LogP contribution in [0.25, 0.3) is 0 Å². The minimum absolute atomic E-state index is 0.132. The van der Waals surface area contributed by atoms with Crippen molar-refractivity contribution in [3.8, 4) is 0 Å². The number of sulfonamides is 1. The first-order valence-electron chi connectivity index (χ1n) is 8.09. The van der Waals surface area contributed by atoms with Crippen LogP contribution in [-0.4, -0.2) is 14.3 Å². The Hall–Kier alpha value is -2.42. The van der Waals surface area contributed by atoms with Crippen molar-refractivity contribution < 1.29 is 17.6 Å². The summed E-state index contributed by atoms with van der Waals surface area (Å²) < 4.78 is 33.1. The van der Waals surface area contributed by atoms with E-state index in [4.69, 9.17) is 4.42 Å². The van der Waals surface area contributed by atoms with Crippen molar-refractivity contribution in [1.29, 1.82) is 0 Å². The van der Waals surface area contributed by atoms with Gasteiger partial charge in [-0.05, 0) is 54.1 Å². The second-order valence-corrected chi connectivity index (χ2v) is 8.42. The van der Waals surface area contributed by atoms with Crippen LogP contribution in [0.2, 0.25) is 0 Å². The summed E-state index contributed by atoms with van der Waals surface area (Å²) in [7, 11) is -3.60. The van der Waals surface area contributed by atoms with Crippen molar-refractivity contribution in [3.05, 3.63) is 88.3 Å². The monoisotopic (exact) mass is 448 g/mol. The molecule has 0 radical (unpaired) electrons. The van der Waals surface area contributed by atoms with Crippen molar-refractivity contribution in [2.75, 3.05) is 0 Å². The van der Waals surface area contributed by atoms with E-state index in [1.165, 1.54) is 12.1 Å². The molecule has 0 saturated carbocycles. The zero-order valence-electron chi connectivity index (χ0n) is 14.2. The van der Waals surface area contributed by atoms with Crippen LogP contribution in [0.5, 0.6) is 0 Å². The van der Waals surface area contributed by atoms with Crippen molar-refractivity contribution >= 4 is 31.9 Å². The lowest BCUT2D eigenvalue weighted by Crippen LogP contribution is -2.24. The number of benzene rings is 2. The molecule has 3 rings (SSSR count). The molecule has 0 unspecified atom stereocenters. The van der Waals surface area contributed by atoms with Gasteiger partial charge in [-0.2, -0.15) is 0 Å². The summed E-state index contributed by atoms with van der Waals surface area (Å²) in [6, 6.07) is 16.7. The highest BCUT2D eigenvalue weighted by molar-refractivity contribution is 9.10. The van der Waals surface area contributed by atoms with E-state index < -0.39 is 10.0 Å². The van der Waals surface area contributed by atoms with Gasteiger partial charge in [0, 0.05) is 16.6 Å². The zero-order valence-corrected chi connectivity index (χ0v) is 16.6. The van der Waals surface area contributed by atoms with Gasteiger partial charge in [0.2, 0.25) is 10.0 Å². The van der Waals surface area contributed by atoms with Crippen LogP contribution in [0.1, 0.15) is 21.7 Å². The van der Waals surface area contributed by atoms with Crippen LogP contribution in [0.15, 0.2) is 80.7 Å². The lowest BCUT2D eigenvalue weighted by Gasteiger charge is -2.08. The van der Waals surface area contributed by atoms with Gasteiger partial charge in [-0.15, -0.1) is 0 Å². The van der Waals surface area contributed by atoms with Gasteiger partial charge in [0.1, 0.15) is 5.76 Å². The second-order valence-electron chi connectivity index (χ2n) is 5.74. The van der Waals surface area contributed by atoms with Gasteiger partial charge in [0.05, 0.1) is 17.7 Å². The van der Waals surface area contributed by atoms with Crippen LogP contribution in [0.4, 0.5) is 0 Å². The van der Waals surface area contributed by atoms with E-state index in [0.29, 0.717) is 17.9 Å². The molecule has 8 heteroatoms. The van der Waals surface area contributed by atoms with Crippen LogP contribution in [-0.2, 0) is 23.1 Å². The first kappa shape index (κ1) is 19.3. The summed E-state index contributed by atoms with van der Waals surface area (Å²) in [5.41, 5.74) is 1.24. The van der Waals surface area contributed by atoms with Gasteiger partial charge < -0.3 is 9.73 Å². The third kappa shape index (κ3) is 5.29. The van der Waals surface area contributed by atoms with Gasteiger partial charge in [-0.3, -0.25) is 4.79 Å². The minimum Gasteiger partial charge on any atom is -0.467 e.